The van der Waals surface area contributed by atoms with Gasteiger partial charge >= 0.3 is 0 Å². The van der Waals surface area contributed by atoms with Crippen molar-refractivity contribution < 1.29 is 9.84 Å². The monoisotopic (exact) mass is 225 g/mol. The van der Waals surface area contributed by atoms with Crippen LogP contribution in [0.3, 0.4) is 0 Å². The maximum Gasteiger partial charge on any atom is 0.218 e. The molecule has 0 aliphatic carbocycles. The van der Waals surface area contributed by atoms with Crippen LogP contribution in [-0.4, -0.2) is 34.3 Å². The van der Waals surface area contributed by atoms with E-state index < -0.39 is 0 Å². The molecule has 0 saturated carbocycles. The number of aliphatic hydroxyl groups excluding tert-OH is 1. The van der Waals surface area contributed by atoms with Crippen molar-refractivity contribution >= 4 is 5.82 Å². The van der Waals surface area contributed by atoms with Crippen molar-refractivity contribution in [2.75, 3.05) is 18.5 Å². The minimum absolute atomic E-state index is 0.0964. The predicted octanol–water partition coefficient (Wildman–Crippen LogP) is 1.30. The van der Waals surface area contributed by atoms with Crippen molar-refractivity contribution in [2.24, 2.45) is 5.92 Å². The standard InChI is InChI=1S/C11H19N3O2/c1-8(2)16-11-4-10(13-7-14-11)12-5-9(3)6-15/h4,7-9,15H,5-6H2,1-3H3,(H,12,13,14). The fourth-order valence-electron chi connectivity index (χ4n) is 1.09. The Bertz CT molecular complexity index is 318. The summed E-state index contributed by atoms with van der Waals surface area (Å²) in [6.45, 7) is 6.69. The fourth-order valence-corrected chi connectivity index (χ4v) is 1.09. The molecule has 1 aromatic heterocycles. The Morgan fingerprint density at radius 1 is 1.38 bits per heavy atom. The number of rotatable bonds is 6. The highest BCUT2D eigenvalue weighted by Crippen LogP contribution is 2.12. The van der Waals surface area contributed by atoms with Crippen LogP contribution in [0, 0.1) is 5.92 Å². The summed E-state index contributed by atoms with van der Waals surface area (Å²) in [5.41, 5.74) is 0. The molecule has 0 amide bonds. The van der Waals surface area contributed by atoms with E-state index in [0.717, 1.165) is 0 Å². The van der Waals surface area contributed by atoms with Gasteiger partial charge in [-0.05, 0) is 19.8 Å². The number of nitrogens with one attached hydrogen (secondary N) is 1. The molecule has 0 saturated heterocycles. The summed E-state index contributed by atoms with van der Waals surface area (Å²) in [6, 6.07) is 1.75. The lowest BCUT2D eigenvalue weighted by atomic mass is 10.2. The molecule has 0 fully saturated rings. The first-order valence-electron chi connectivity index (χ1n) is 5.45. The molecular weight excluding hydrogens is 206 g/mol. The molecule has 5 heteroatoms. The zero-order valence-corrected chi connectivity index (χ0v) is 9.97. The summed E-state index contributed by atoms with van der Waals surface area (Å²) < 4.78 is 5.45. The van der Waals surface area contributed by atoms with Crippen LogP contribution in [0.1, 0.15) is 20.8 Å². The van der Waals surface area contributed by atoms with E-state index in [1.807, 2.05) is 20.8 Å². The van der Waals surface area contributed by atoms with E-state index in [-0.39, 0.29) is 18.6 Å². The number of anilines is 1. The Balaban J connectivity index is 2.53. The number of nitrogens with zero attached hydrogens (tertiary/aromatic N) is 2. The van der Waals surface area contributed by atoms with Crippen LogP contribution in [0.15, 0.2) is 12.4 Å². The zero-order valence-electron chi connectivity index (χ0n) is 9.97. The van der Waals surface area contributed by atoms with Crippen LogP contribution in [0.5, 0.6) is 5.88 Å². The minimum Gasteiger partial charge on any atom is -0.475 e. The first-order valence-corrected chi connectivity index (χ1v) is 5.45. The van der Waals surface area contributed by atoms with Gasteiger partial charge in [0.25, 0.3) is 0 Å². The Kier molecular flexibility index (Phi) is 4.98. The lowest BCUT2D eigenvalue weighted by Gasteiger charge is -2.12. The summed E-state index contributed by atoms with van der Waals surface area (Å²) in [5, 5.41) is 12.0. The summed E-state index contributed by atoms with van der Waals surface area (Å²) in [5.74, 6) is 1.47. The molecule has 1 aromatic rings. The van der Waals surface area contributed by atoms with Crippen molar-refractivity contribution in [2.45, 2.75) is 26.9 Å². The van der Waals surface area contributed by atoms with Crippen LogP contribution in [-0.2, 0) is 0 Å². The fraction of sp³-hybridized carbons (Fsp3) is 0.636. The molecule has 1 rings (SSSR count). The van der Waals surface area contributed by atoms with Crippen molar-refractivity contribution in [1.82, 2.24) is 9.97 Å². The maximum atomic E-state index is 8.89. The van der Waals surface area contributed by atoms with Gasteiger partial charge < -0.3 is 15.2 Å². The van der Waals surface area contributed by atoms with Gasteiger partial charge in [0.05, 0.1) is 6.10 Å². The van der Waals surface area contributed by atoms with Crippen LogP contribution in [0.4, 0.5) is 5.82 Å². The SMILES string of the molecule is CC(CO)CNc1cc(OC(C)C)ncn1. The van der Waals surface area contributed by atoms with Gasteiger partial charge in [-0.2, -0.15) is 0 Å². The molecule has 5 nitrogen and oxygen atoms in total. The second-order valence-corrected chi connectivity index (χ2v) is 4.08. The van der Waals surface area contributed by atoms with Crippen molar-refractivity contribution in [3.8, 4) is 5.88 Å². The minimum atomic E-state index is 0.0964. The average Bonchev–Trinajstić information content (AvgIpc) is 2.25. The number of hydrogen-bond donors (Lipinski definition) is 2. The number of ether oxygens (including phenoxy) is 1. The van der Waals surface area contributed by atoms with E-state index >= 15 is 0 Å². The molecule has 0 aliphatic heterocycles. The highest BCUT2D eigenvalue weighted by molar-refractivity contribution is 5.37. The molecule has 16 heavy (non-hydrogen) atoms. The smallest absolute Gasteiger partial charge is 0.218 e. The van der Waals surface area contributed by atoms with Crippen molar-refractivity contribution in [1.29, 1.82) is 0 Å². The van der Waals surface area contributed by atoms with Crippen molar-refractivity contribution in [3.63, 3.8) is 0 Å². The molecule has 0 spiro atoms. The third kappa shape index (κ3) is 4.44. The van der Waals surface area contributed by atoms with E-state index in [2.05, 4.69) is 15.3 Å². The molecule has 1 atom stereocenters. The Hall–Kier alpha value is -1.36. The van der Waals surface area contributed by atoms with Gasteiger partial charge in [0, 0.05) is 19.2 Å². The Morgan fingerprint density at radius 2 is 2.12 bits per heavy atom. The summed E-state index contributed by atoms with van der Waals surface area (Å²) in [7, 11) is 0. The number of hydrogen-bond acceptors (Lipinski definition) is 5. The Labute approximate surface area is 95.9 Å². The lowest BCUT2D eigenvalue weighted by Crippen LogP contribution is -2.15. The summed E-state index contributed by atoms with van der Waals surface area (Å²) in [4.78, 5) is 8.07. The van der Waals surface area contributed by atoms with Crippen LogP contribution in [0.25, 0.3) is 0 Å². The maximum absolute atomic E-state index is 8.89. The highest BCUT2D eigenvalue weighted by atomic mass is 16.5. The Morgan fingerprint density at radius 3 is 2.75 bits per heavy atom. The quantitative estimate of drug-likeness (QED) is 0.764. The molecule has 0 radical (unpaired) electrons. The molecule has 1 heterocycles. The highest BCUT2D eigenvalue weighted by Gasteiger charge is 2.03. The predicted molar refractivity (Wildman–Crippen MR) is 62.5 cm³/mol. The van der Waals surface area contributed by atoms with E-state index in [1.165, 1.54) is 6.33 Å². The third-order valence-electron chi connectivity index (χ3n) is 1.94. The first kappa shape index (κ1) is 12.7. The number of aliphatic hydroxyl groups is 1. The van der Waals surface area contributed by atoms with Gasteiger partial charge in [-0.25, -0.2) is 9.97 Å². The van der Waals surface area contributed by atoms with Crippen molar-refractivity contribution in [3.05, 3.63) is 12.4 Å². The molecule has 1 unspecified atom stereocenters. The molecular formula is C11H19N3O2. The first-order chi connectivity index (χ1) is 7.61. The molecule has 0 aliphatic rings. The lowest BCUT2D eigenvalue weighted by molar-refractivity contribution is 0.232. The van der Waals surface area contributed by atoms with E-state index in [4.69, 9.17) is 9.84 Å². The van der Waals surface area contributed by atoms with E-state index in [9.17, 15) is 0 Å². The van der Waals surface area contributed by atoms with Gasteiger partial charge in [0.15, 0.2) is 0 Å². The van der Waals surface area contributed by atoms with E-state index in [0.29, 0.717) is 18.2 Å². The van der Waals surface area contributed by atoms with Crippen LogP contribution in [0.2, 0.25) is 0 Å². The van der Waals surface area contributed by atoms with E-state index in [1.54, 1.807) is 6.07 Å². The van der Waals surface area contributed by atoms with Gasteiger partial charge in [-0.15, -0.1) is 0 Å². The average molecular weight is 225 g/mol. The molecule has 0 aromatic carbocycles. The second kappa shape index (κ2) is 6.27. The van der Waals surface area contributed by atoms with Gasteiger partial charge in [-0.3, -0.25) is 0 Å². The van der Waals surface area contributed by atoms with Gasteiger partial charge in [0.2, 0.25) is 5.88 Å². The topological polar surface area (TPSA) is 67.3 Å². The largest absolute Gasteiger partial charge is 0.475 e. The van der Waals surface area contributed by atoms with Gasteiger partial charge in [-0.1, -0.05) is 6.92 Å². The number of aromatic nitrogens is 2. The molecule has 0 bridgehead atoms. The zero-order chi connectivity index (χ0) is 12.0. The normalized spacial score (nSPS) is 12.6. The summed E-state index contributed by atoms with van der Waals surface area (Å²) >= 11 is 0. The van der Waals surface area contributed by atoms with Crippen LogP contribution >= 0.6 is 0 Å². The summed E-state index contributed by atoms with van der Waals surface area (Å²) in [6.07, 6.45) is 1.56. The van der Waals surface area contributed by atoms with Crippen LogP contribution < -0.4 is 10.1 Å². The molecule has 90 valence electrons. The second-order valence-electron chi connectivity index (χ2n) is 4.08. The third-order valence-corrected chi connectivity index (χ3v) is 1.94. The van der Waals surface area contributed by atoms with Gasteiger partial charge in [0.1, 0.15) is 12.1 Å². The molecule has 2 N–H and O–H groups in total.